The number of primary amides is 1. The Hall–Kier alpha value is -1.45. The van der Waals surface area contributed by atoms with Gasteiger partial charge < -0.3 is 5.73 Å². The number of hydrogen-bond acceptors (Lipinski definition) is 3. The summed E-state index contributed by atoms with van der Waals surface area (Å²) in [5.74, 6) is 0.0485. The van der Waals surface area contributed by atoms with Crippen molar-refractivity contribution in [3.05, 3.63) is 23.3 Å². The van der Waals surface area contributed by atoms with E-state index in [9.17, 15) is 4.79 Å². The maximum atomic E-state index is 10.8. The lowest BCUT2D eigenvalue weighted by molar-refractivity contribution is 0.0995. The summed E-state index contributed by atoms with van der Waals surface area (Å²) in [4.78, 5) is 19.1. The molecule has 2 rings (SSSR count). The zero-order valence-electron chi connectivity index (χ0n) is 7.45. The van der Waals surface area contributed by atoms with Crippen molar-refractivity contribution in [1.82, 2.24) is 9.97 Å². The zero-order valence-corrected chi connectivity index (χ0v) is 7.45. The van der Waals surface area contributed by atoms with Gasteiger partial charge in [-0.1, -0.05) is 0 Å². The molecular formula is C9H11N3O. The summed E-state index contributed by atoms with van der Waals surface area (Å²) in [6.45, 7) is 1.87. The van der Waals surface area contributed by atoms with Gasteiger partial charge in [-0.3, -0.25) is 9.78 Å². The fourth-order valence-corrected chi connectivity index (χ4v) is 1.37. The van der Waals surface area contributed by atoms with Crippen LogP contribution in [0.3, 0.4) is 0 Å². The molecular weight excluding hydrogens is 166 g/mol. The van der Waals surface area contributed by atoms with Crippen LogP contribution in [-0.4, -0.2) is 15.9 Å². The van der Waals surface area contributed by atoms with E-state index in [0.29, 0.717) is 5.92 Å². The van der Waals surface area contributed by atoms with Crippen molar-refractivity contribution in [1.29, 1.82) is 0 Å². The summed E-state index contributed by atoms with van der Waals surface area (Å²) in [6, 6.07) is 0. The van der Waals surface area contributed by atoms with E-state index in [4.69, 9.17) is 5.73 Å². The lowest BCUT2D eigenvalue weighted by Crippen LogP contribution is -2.14. The third-order valence-corrected chi connectivity index (χ3v) is 2.20. The van der Waals surface area contributed by atoms with Crippen molar-refractivity contribution < 1.29 is 4.79 Å². The minimum atomic E-state index is -0.516. The maximum absolute atomic E-state index is 10.8. The first-order chi connectivity index (χ1) is 6.18. The monoisotopic (exact) mass is 177 g/mol. The van der Waals surface area contributed by atoms with Crippen LogP contribution in [0.15, 0.2) is 6.20 Å². The number of nitrogens with zero attached hydrogens (tertiary/aromatic N) is 2. The number of rotatable bonds is 2. The Kier molecular flexibility index (Phi) is 1.76. The van der Waals surface area contributed by atoms with E-state index < -0.39 is 5.91 Å². The highest BCUT2D eigenvalue weighted by atomic mass is 16.1. The van der Waals surface area contributed by atoms with Gasteiger partial charge in [0.1, 0.15) is 5.69 Å². The average molecular weight is 177 g/mol. The van der Waals surface area contributed by atoms with Gasteiger partial charge in [0.2, 0.25) is 0 Å². The van der Waals surface area contributed by atoms with E-state index in [1.807, 2.05) is 6.92 Å². The quantitative estimate of drug-likeness (QED) is 0.725. The SMILES string of the molecule is Cc1nc(C(N)=O)cnc1C1CC1. The molecule has 2 N–H and O–H groups in total. The van der Waals surface area contributed by atoms with Crippen LogP contribution < -0.4 is 5.73 Å². The van der Waals surface area contributed by atoms with E-state index in [-0.39, 0.29) is 5.69 Å². The molecule has 1 amide bonds. The lowest BCUT2D eigenvalue weighted by Gasteiger charge is -2.02. The highest BCUT2D eigenvalue weighted by Gasteiger charge is 2.27. The summed E-state index contributed by atoms with van der Waals surface area (Å²) in [5, 5.41) is 0. The molecule has 0 saturated heterocycles. The van der Waals surface area contributed by atoms with Crippen LogP contribution in [0.2, 0.25) is 0 Å². The standard InChI is InChI=1S/C9H11N3O/c1-5-8(6-2-3-6)11-4-7(12-5)9(10)13/h4,6H,2-3H2,1H3,(H2,10,13). The van der Waals surface area contributed by atoms with E-state index in [1.54, 1.807) is 0 Å². The number of carbonyl (C=O) groups excluding carboxylic acids is 1. The molecule has 1 aromatic rings. The Morgan fingerprint density at radius 2 is 2.31 bits per heavy atom. The number of aryl methyl sites for hydroxylation is 1. The number of aromatic nitrogens is 2. The summed E-state index contributed by atoms with van der Waals surface area (Å²) in [6.07, 6.45) is 3.83. The fraction of sp³-hybridized carbons (Fsp3) is 0.444. The van der Waals surface area contributed by atoms with Crippen molar-refractivity contribution in [2.75, 3.05) is 0 Å². The van der Waals surface area contributed by atoms with Crippen LogP contribution in [-0.2, 0) is 0 Å². The summed E-state index contributed by atoms with van der Waals surface area (Å²) >= 11 is 0. The van der Waals surface area contributed by atoms with Crippen molar-refractivity contribution >= 4 is 5.91 Å². The molecule has 0 radical (unpaired) electrons. The van der Waals surface area contributed by atoms with Crippen molar-refractivity contribution in [3.8, 4) is 0 Å². The second kappa shape index (κ2) is 2.80. The molecule has 0 bridgehead atoms. The molecule has 0 atom stereocenters. The molecule has 1 saturated carbocycles. The number of amides is 1. The Balaban J connectivity index is 2.36. The van der Waals surface area contributed by atoms with Crippen LogP contribution in [0.5, 0.6) is 0 Å². The van der Waals surface area contributed by atoms with E-state index in [2.05, 4.69) is 9.97 Å². The first kappa shape index (κ1) is 8.16. The molecule has 1 fully saturated rings. The normalized spacial score (nSPS) is 15.8. The van der Waals surface area contributed by atoms with E-state index in [0.717, 1.165) is 11.4 Å². The molecule has 4 heteroatoms. The molecule has 0 aliphatic heterocycles. The third kappa shape index (κ3) is 1.52. The third-order valence-electron chi connectivity index (χ3n) is 2.20. The summed E-state index contributed by atoms with van der Waals surface area (Å²) in [7, 11) is 0. The van der Waals surface area contributed by atoms with Gasteiger partial charge in [-0.2, -0.15) is 0 Å². The maximum Gasteiger partial charge on any atom is 0.268 e. The molecule has 4 nitrogen and oxygen atoms in total. The topological polar surface area (TPSA) is 68.9 Å². The van der Waals surface area contributed by atoms with Gasteiger partial charge in [-0.05, 0) is 19.8 Å². The van der Waals surface area contributed by atoms with Gasteiger partial charge >= 0.3 is 0 Å². The Labute approximate surface area is 76.2 Å². The van der Waals surface area contributed by atoms with Crippen LogP contribution in [0.4, 0.5) is 0 Å². The summed E-state index contributed by atoms with van der Waals surface area (Å²) in [5.41, 5.74) is 7.19. The molecule has 1 aliphatic carbocycles. The highest BCUT2D eigenvalue weighted by Crippen LogP contribution is 2.39. The zero-order chi connectivity index (χ0) is 9.42. The van der Waals surface area contributed by atoms with Crippen LogP contribution in [0, 0.1) is 6.92 Å². The van der Waals surface area contributed by atoms with Crippen LogP contribution in [0.1, 0.15) is 40.6 Å². The van der Waals surface area contributed by atoms with E-state index >= 15 is 0 Å². The van der Waals surface area contributed by atoms with Gasteiger partial charge in [-0.15, -0.1) is 0 Å². The molecule has 0 unspecified atom stereocenters. The average Bonchev–Trinajstić information content (AvgIpc) is 2.87. The van der Waals surface area contributed by atoms with E-state index in [1.165, 1.54) is 19.0 Å². The predicted molar refractivity (Wildman–Crippen MR) is 47.3 cm³/mol. The first-order valence-corrected chi connectivity index (χ1v) is 4.32. The fourth-order valence-electron chi connectivity index (χ4n) is 1.37. The van der Waals surface area contributed by atoms with Crippen LogP contribution in [0.25, 0.3) is 0 Å². The molecule has 0 aromatic carbocycles. The number of hydrogen-bond donors (Lipinski definition) is 1. The molecule has 1 aromatic heterocycles. The van der Waals surface area contributed by atoms with Crippen molar-refractivity contribution in [2.24, 2.45) is 5.73 Å². The molecule has 68 valence electrons. The minimum absolute atomic E-state index is 0.252. The number of nitrogens with two attached hydrogens (primary N) is 1. The molecule has 0 spiro atoms. The number of carbonyl (C=O) groups is 1. The Morgan fingerprint density at radius 1 is 1.62 bits per heavy atom. The predicted octanol–water partition coefficient (Wildman–Crippen LogP) is 0.761. The minimum Gasteiger partial charge on any atom is -0.364 e. The largest absolute Gasteiger partial charge is 0.364 e. The van der Waals surface area contributed by atoms with Gasteiger partial charge in [0.15, 0.2) is 0 Å². The lowest BCUT2D eigenvalue weighted by atomic mass is 10.2. The van der Waals surface area contributed by atoms with Crippen molar-refractivity contribution in [3.63, 3.8) is 0 Å². The van der Waals surface area contributed by atoms with Crippen molar-refractivity contribution in [2.45, 2.75) is 25.7 Å². The first-order valence-electron chi connectivity index (χ1n) is 4.32. The molecule has 13 heavy (non-hydrogen) atoms. The molecule has 1 heterocycles. The van der Waals surface area contributed by atoms with Gasteiger partial charge in [0, 0.05) is 5.92 Å². The Bertz CT molecular complexity index is 358. The van der Waals surface area contributed by atoms with Gasteiger partial charge in [-0.25, -0.2) is 4.98 Å². The highest BCUT2D eigenvalue weighted by molar-refractivity contribution is 5.90. The smallest absolute Gasteiger partial charge is 0.268 e. The summed E-state index contributed by atoms with van der Waals surface area (Å²) < 4.78 is 0. The van der Waals surface area contributed by atoms with Gasteiger partial charge in [0.25, 0.3) is 5.91 Å². The van der Waals surface area contributed by atoms with Crippen LogP contribution >= 0.6 is 0 Å². The second-order valence-electron chi connectivity index (χ2n) is 3.36. The second-order valence-corrected chi connectivity index (χ2v) is 3.36. The Morgan fingerprint density at radius 3 is 2.77 bits per heavy atom. The molecule has 1 aliphatic rings. The van der Waals surface area contributed by atoms with Gasteiger partial charge in [0.05, 0.1) is 17.6 Å².